The summed E-state index contributed by atoms with van der Waals surface area (Å²) in [6.07, 6.45) is 1.96. The van der Waals surface area contributed by atoms with Gasteiger partial charge in [0, 0.05) is 11.8 Å². The van der Waals surface area contributed by atoms with Gasteiger partial charge in [0.25, 0.3) is 0 Å². The van der Waals surface area contributed by atoms with Gasteiger partial charge in [-0.25, -0.2) is 10.1 Å². The SMILES string of the molecule is Cc1ccc(-c2nc3ccccn3c2-c2nnn[nH]2)cc1. The number of pyridine rings is 1. The van der Waals surface area contributed by atoms with E-state index in [9.17, 15) is 0 Å². The van der Waals surface area contributed by atoms with Crippen molar-refractivity contribution in [1.82, 2.24) is 30.0 Å². The van der Waals surface area contributed by atoms with Crippen molar-refractivity contribution in [2.24, 2.45) is 0 Å². The molecular weight excluding hydrogens is 264 g/mol. The van der Waals surface area contributed by atoms with Gasteiger partial charge in [-0.3, -0.25) is 4.40 Å². The number of hydrogen-bond donors (Lipinski definition) is 1. The first-order valence-electron chi connectivity index (χ1n) is 6.61. The van der Waals surface area contributed by atoms with E-state index in [2.05, 4.69) is 51.8 Å². The molecule has 102 valence electrons. The highest BCUT2D eigenvalue weighted by atomic mass is 15.5. The summed E-state index contributed by atoms with van der Waals surface area (Å²) >= 11 is 0. The van der Waals surface area contributed by atoms with Crippen molar-refractivity contribution >= 4 is 5.65 Å². The van der Waals surface area contributed by atoms with Gasteiger partial charge in [0.2, 0.25) is 0 Å². The Morgan fingerprint density at radius 2 is 1.90 bits per heavy atom. The molecule has 0 atom stereocenters. The maximum absolute atomic E-state index is 4.72. The zero-order valence-electron chi connectivity index (χ0n) is 11.4. The maximum atomic E-state index is 4.72. The topological polar surface area (TPSA) is 71.8 Å². The summed E-state index contributed by atoms with van der Waals surface area (Å²) in [5.41, 5.74) is 4.83. The summed E-state index contributed by atoms with van der Waals surface area (Å²) in [5.74, 6) is 0.601. The number of benzene rings is 1. The number of nitrogens with one attached hydrogen (secondary N) is 1. The molecule has 0 aliphatic rings. The van der Waals surface area contributed by atoms with Crippen LogP contribution < -0.4 is 0 Å². The summed E-state index contributed by atoms with van der Waals surface area (Å²) in [5, 5.41) is 14.2. The molecule has 0 radical (unpaired) electrons. The van der Waals surface area contributed by atoms with Gasteiger partial charge in [-0.1, -0.05) is 35.9 Å². The molecule has 0 fully saturated rings. The van der Waals surface area contributed by atoms with Crippen LogP contribution in [0.5, 0.6) is 0 Å². The van der Waals surface area contributed by atoms with Crippen LogP contribution in [0.4, 0.5) is 0 Å². The van der Waals surface area contributed by atoms with Crippen molar-refractivity contribution < 1.29 is 0 Å². The summed E-state index contributed by atoms with van der Waals surface area (Å²) in [6.45, 7) is 2.06. The molecule has 3 heterocycles. The number of tetrazole rings is 1. The molecule has 1 N–H and O–H groups in total. The van der Waals surface area contributed by atoms with E-state index in [0.29, 0.717) is 5.82 Å². The van der Waals surface area contributed by atoms with Crippen molar-refractivity contribution in [3.8, 4) is 22.8 Å². The average Bonchev–Trinajstić information content (AvgIpc) is 3.14. The summed E-state index contributed by atoms with van der Waals surface area (Å²) in [7, 11) is 0. The molecule has 1 aromatic carbocycles. The van der Waals surface area contributed by atoms with Gasteiger partial charge >= 0.3 is 0 Å². The molecule has 0 saturated heterocycles. The van der Waals surface area contributed by atoms with E-state index in [1.54, 1.807) is 0 Å². The van der Waals surface area contributed by atoms with Crippen LogP contribution in [-0.2, 0) is 0 Å². The third-order valence-electron chi connectivity index (χ3n) is 3.42. The smallest absolute Gasteiger partial charge is 0.198 e. The minimum Gasteiger partial charge on any atom is -0.296 e. The average molecular weight is 276 g/mol. The molecule has 0 aliphatic carbocycles. The highest BCUT2D eigenvalue weighted by Gasteiger charge is 2.18. The summed E-state index contributed by atoms with van der Waals surface area (Å²) < 4.78 is 1.98. The number of fused-ring (bicyclic) bond motifs is 1. The number of rotatable bonds is 2. The number of aromatic amines is 1. The minimum atomic E-state index is 0.601. The van der Waals surface area contributed by atoms with Crippen LogP contribution in [0.2, 0.25) is 0 Å². The van der Waals surface area contributed by atoms with Crippen molar-refractivity contribution in [3.63, 3.8) is 0 Å². The van der Waals surface area contributed by atoms with Crippen molar-refractivity contribution in [2.75, 3.05) is 0 Å². The second-order valence-electron chi connectivity index (χ2n) is 4.85. The van der Waals surface area contributed by atoms with Crippen LogP contribution in [0.1, 0.15) is 5.56 Å². The summed E-state index contributed by atoms with van der Waals surface area (Å²) in [4.78, 5) is 4.72. The van der Waals surface area contributed by atoms with Crippen molar-refractivity contribution in [2.45, 2.75) is 6.92 Å². The molecule has 0 aliphatic heterocycles. The molecule has 0 unspecified atom stereocenters. The first-order chi connectivity index (χ1) is 10.3. The van der Waals surface area contributed by atoms with Crippen LogP contribution >= 0.6 is 0 Å². The Kier molecular flexibility index (Phi) is 2.53. The van der Waals surface area contributed by atoms with Gasteiger partial charge in [-0.05, 0) is 29.5 Å². The lowest BCUT2D eigenvalue weighted by atomic mass is 10.1. The quantitative estimate of drug-likeness (QED) is 0.610. The zero-order valence-corrected chi connectivity index (χ0v) is 11.4. The predicted molar refractivity (Wildman–Crippen MR) is 78.5 cm³/mol. The van der Waals surface area contributed by atoms with E-state index in [1.807, 2.05) is 28.8 Å². The Hall–Kier alpha value is -3.02. The third kappa shape index (κ3) is 1.88. The molecule has 4 aromatic rings. The fourth-order valence-electron chi connectivity index (χ4n) is 2.39. The fraction of sp³-hybridized carbons (Fsp3) is 0.0667. The number of nitrogens with zero attached hydrogens (tertiary/aromatic N) is 5. The highest BCUT2D eigenvalue weighted by molar-refractivity contribution is 5.78. The Bertz CT molecular complexity index is 890. The van der Waals surface area contributed by atoms with E-state index in [-0.39, 0.29) is 0 Å². The lowest BCUT2D eigenvalue weighted by molar-refractivity contribution is 0.881. The summed E-state index contributed by atoms with van der Waals surface area (Å²) in [6, 6.07) is 14.1. The van der Waals surface area contributed by atoms with E-state index >= 15 is 0 Å². The Morgan fingerprint density at radius 1 is 1.05 bits per heavy atom. The normalized spacial score (nSPS) is 11.1. The largest absolute Gasteiger partial charge is 0.296 e. The molecule has 0 bridgehead atoms. The van der Waals surface area contributed by atoms with Crippen LogP contribution in [0.3, 0.4) is 0 Å². The van der Waals surface area contributed by atoms with Gasteiger partial charge in [-0.2, -0.15) is 0 Å². The van der Waals surface area contributed by atoms with E-state index < -0.39 is 0 Å². The fourth-order valence-corrected chi connectivity index (χ4v) is 2.39. The van der Waals surface area contributed by atoms with Gasteiger partial charge in [0.05, 0.1) is 0 Å². The molecular formula is C15H12N6. The molecule has 0 spiro atoms. The Morgan fingerprint density at radius 3 is 2.67 bits per heavy atom. The number of H-pyrrole nitrogens is 1. The molecule has 6 heteroatoms. The van der Waals surface area contributed by atoms with E-state index in [4.69, 9.17) is 4.98 Å². The minimum absolute atomic E-state index is 0.601. The van der Waals surface area contributed by atoms with Crippen molar-refractivity contribution in [3.05, 3.63) is 54.2 Å². The Labute approximate surface area is 120 Å². The van der Waals surface area contributed by atoms with Gasteiger partial charge < -0.3 is 0 Å². The molecule has 0 saturated carbocycles. The number of imidazole rings is 1. The van der Waals surface area contributed by atoms with Crippen LogP contribution in [0.25, 0.3) is 28.4 Å². The number of hydrogen-bond acceptors (Lipinski definition) is 4. The zero-order chi connectivity index (χ0) is 14.2. The Balaban J connectivity index is 2.04. The molecule has 21 heavy (non-hydrogen) atoms. The second-order valence-corrected chi connectivity index (χ2v) is 4.85. The molecule has 3 aromatic heterocycles. The van der Waals surface area contributed by atoms with Crippen LogP contribution in [-0.4, -0.2) is 30.0 Å². The highest BCUT2D eigenvalue weighted by Crippen LogP contribution is 2.30. The predicted octanol–water partition coefficient (Wildman–Crippen LogP) is 2.49. The molecule has 6 nitrogen and oxygen atoms in total. The third-order valence-corrected chi connectivity index (χ3v) is 3.42. The van der Waals surface area contributed by atoms with Crippen LogP contribution in [0, 0.1) is 6.92 Å². The monoisotopic (exact) mass is 276 g/mol. The van der Waals surface area contributed by atoms with Gasteiger partial charge in [-0.15, -0.1) is 5.10 Å². The van der Waals surface area contributed by atoms with E-state index in [1.165, 1.54) is 5.56 Å². The molecule has 4 rings (SSSR count). The maximum Gasteiger partial charge on any atom is 0.198 e. The standard InChI is InChI=1S/C15H12N6/c1-10-5-7-11(8-6-10)13-14(15-17-19-20-18-15)21-9-3-2-4-12(21)16-13/h2-9H,1H3,(H,17,18,19,20). The first-order valence-corrected chi connectivity index (χ1v) is 6.61. The molecule has 0 amide bonds. The lowest BCUT2D eigenvalue weighted by Gasteiger charge is -2.02. The van der Waals surface area contributed by atoms with Crippen LogP contribution in [0.15, 0.2) is 48.7 Å². The van der Waals surface area contributed by atoms with E-state index in [0.717, 1.165) is 22.6 Å². The lowest BCUT2D eigenvalue weighted by Crippen LogP contribution is -1.91. The number of aryl methyl sites for hydroxylation is 1. The van der Waals surface area contributed by atoms with Gasteiger partial charge in [0.1, 0.15) is 17.0 Å². The number of aromatic nitrogens is 6. The first kappa shape index (κ1) is 11.8. The van der Waals surface area contributed by atoms with Crippen molar-refractivity contribution in [1.29, 1.82) is 0 Å². The van der Waals surface area contributed by atoms with Gasteiger partial charge in [0.15, 0.2) is 5.82 Å². The second kappa shape index (κ2) is 4.52.